The Kier molecular flexibility index (Phi) is 11.8. The first-order chi connectivity index (χ1) is 14.7. The van der Waals surface area contributed by atoms with Crippen LogP contribution in [0.3, 0.4) is 0 Å². The fourth-order valence-electron chi connectivity index (χ4n) is 2.36. The van der Waals surface area contributed by atoms with E-state index in [0.29, 0.717) is 0 Å². The molecule has 15 nitrogen and oxygen atoms in total. The predicted molar refractivity (Wildman–Crippen MR) is 107 cm³/mol. The second-order valence-electron chi connectivity index (χ2n) is 7.13. The number of carboxylic acids is 1. The fourth-order valence-corrected chi connectivity index (χ4v) is 2.36. The number of hydrogen-bond acceptors (Lipinski definition) is 9. The van der Waals surface area contributed by atoms with Crippen molar-refractivity contribution in [3.05, 3.63) is 0 Å². The number of nitrogens with two attached hydrogens (primary N) is 3. The molecule has 0 aliphatic carbocycles. The van der Waals surface area contributed by atoms with E-state index in [9.17, 15) is 39.0 Å². The number of aliphatic carboxylic acids is 1. The van der Waals surface area contributed by atoms with Gasteiger partial charge in [0.2, 0.25) is 29.5 Å². The third-order valence-electron chi connectivity index (χ3n) is 4.22. The number of primary amides is 2. The van der Waals surface area contributed by atoms with E-state index in [2.05, 4.69) is 10.6 Å². The summed E-state index contributed by atoms with van der Waals surface area (Å²) in [6.45, 7) is 2.36. The Labute approximate surface area is 183 Å². The van der Waals surface area contributed by atoms with Crippen LogP contribution in [0, 0.1) is 0 Å². The van der Waals surface area contributed by atoms with Crippen molar-refractivity contribution < 1.29 is 44.1 Å². The Bertz CT molecular complexity index is 727. The van der Waals surface area contributed by atoms with Crippen LogP contribution in [0.5, 0.6) is 0 Å². The van der Waals surface area contributed by atoms with Gasteiger partial charge in [0.15, 0.2) is 0 Å². The van der Waals surface area contributed by atoms with Gasteiger partial charge in [-0.05, 0) is 20.3 Å². The first kappa shape index (κ1) is 28.7. The summed E-state index contributed by atoms with van der Waals surface area (Å²) in [6, 6.07) is -6.25. The van der Waals surface area contributed by atoms with Crippen LogP contribution in [0.4, 0.5) is 0 Å². The maximum absolute atomic E-state index is 12.6. The van der Waals surface area contributed by atoms with Crippen LogP contribution < -0.4 is 33.2 Å². The molecule has 0 heterocycles. The summed E-state index contributed by atoms with van der Waals surface area (Å²) in [7, 11) is 0. The highest BCUT2D eigenvalue weighted by Gasteiger charge is 2.33. The highest BCUT2D eigenvalue weighted by molar-refractivity contribution is 5.95. The third-order valence-corrected chi connectivity index (χ3v) is 4.22. The van der Waals surface area contributed by atoms with Crippen LogP contribution >= 0.6 is 0 Å². The molecule has 0 saturated carbocycles. The summed E-state index contributed by atoms with van der Waals surface area (Å²) in [5.74, 6) is -6.50. The molecule has 6 atom stereocenters. The van der Waals surface area contributed by atoms with Crippen molar-refractivity contribution in [3.63, 3.8) is 0 Å². The molecule has 12 N–H and O–H groups in total. The molecule has 0 aromatic carbocycles. The number of aliphatic hydroxyl groups excluding tert-OH is 2. The largest absolute Gasteiger partial charge is 0.480 e. The molecule has 0 aromatic heterocycles. The van der Waals surface area contributed by atoms with E-state index < -0.39 is 78.3 Å². The number of carboxylic acid groups (broad SMARTS) is 1. The number of amides is 5. The van der Waals surface area contributed by atoms with E-state index in [-0.39, 0.29) is 12.8 Å². The van der Waals surface area contributed by atoms with E-state index in [0.717, 1.165) is 6.92 Å². The first-order valence-electron chi connectivity index (χ1n) is 9.49. The van der Waals surface area contributed by atoms with Gasteiger partial charge in [-0.1, -0.05) is 0 Å². The number of carbonyl (C=O) groups is 6. The highest BCUT2D eigenvalue weighted by Crippen LogP contribution is 2.03. The Hall–Kier alpha value is -3.30. The van der Waals surface area contributed by atoms with Crippen LogP contribution in [-0.4, -0.2) is 87.2 Å². The van der Waals surface area contributed by atoms with Gasteiger partial charge in [0, 0.05) is 6.42 Å². The Morgan fingerprint density at radius 3 is 1.72 bits per heavy atom. The minimum atomic E-state index is -1.72. The second-order valence-corrected chi connectivity index (χ2v) is 7.13. The minimum absolute atomic E-state index is 0.299. The molecule has 15 heteroatoms. The van der Waals surface area contributed by atoms with E-state index in [1.54, 1.807) is 0 Å². The Balaban J connectivity index is 5.51. The molecule has 0 bridgehead atoms. The zero-order valence-electron chi connectivity index (χ0n) is 17.6. The molecule has 5 amide bonds. The number of hydrogen-bond donors (Lipinski definition) is 9. The third kappa shape index (κ3) is 10.1. The molecule has 0 aliphatic rings. The van der Waals surface area contributed by atoms with Gasteiger partial charge in [0.25, 0.3) is 0 Å². The van der Waals surface area contributed by atoms with Gasteiger partial charge in [0.05, 0.1) is 18.6 Å². The number of rotatable bonds is 14. The lowest BCUT2D eigenvalue weighted by atomic mass is 10.1. The van der Waals surface area contributed by atoms with Gasteiger partial charge >= 0.3 is 5.97 Å². The lowest BCUT2D eigenvalue weighted by Gasteiger charge is -2.26. The van der Waals surface area contributed by atoms with Gasteiger partial charge < -0.3 is 48.5 Å². The molecular formula is C17H30N6O9. The van der Waals surface area contributed by atoms with Gasteiger partial charge in [-0.3, -0.25) is 24.0 Å². The number of carbonyl (C=O) groups excluding carboxylic acids is 5. The zero-order chi connectivity index (χ0) is 25.2. The van der Waals surface area contributed by atoms with Gasteiger partial charge in [-0.2, -0.15) is 0 Å². The molecule has 0 saturated heterocycles. The summed E-state index contributed by atoms with van der Waals surface area (Å²) < 4.78 is 0. The molecule has 32 heavy (non-hydrogen) atoms. The van der Waals surface area contributed by atoms with E-state index in [4.69, 9.17) is 22.3 Å². The monoisotopic (exact) mass is 462 g/mol. The van der Waals surface area contributed by atoms with E-state index in [1.807, 2.05) is 5.32 Å². The Morgan fingerprint density at radius 2 is 1.31 bits per heavy atom. The lowest BCUT2D eigenvalue weighted by molar-refractivity contribution is -0.144. The molecule has 0 rings (SSSR count). The molecule has 0 aromatic rings. The topological polar surface area (TPSA) is 277 Å². The summed E-state index contributed by atoms with van der Waals surface area (Å²) in [5, 5.41) is 34.7. The lowest BCUT2D eigenvalue weighted by Crippen LogP contribution is -2.60. The number of nitrogens with one attached hydrogen (secondary N) is 3. The quantitative estimate of drug-likeness (QED) is 0.118. The predicted octanol–water partition coefficient (Wildman–Crippen LogP) is -5.24. The smallest absolute Gasteiger partial charge is 0.326 e. The molecule has 0 fully saturated rings. The second kappa shape index (κ2) is 13.2. The highest BCUT2D eigenvalue weighted by atomic mass is 16.4. The van der Waals surface area contributed by atoms with Crippen molar-refractivity contribution in [3.8, 4) is 0 Å². The van der Waals surface area contributed by atoms with Crippen molar-refractivity contribution in [2.24, 2.45) is 17.2 Å². The van der Waals surface area contributed by atoms with Crippen molar-refractivity contribution in [2.75, 3.05) is 0 Å². The average Bonchev–Trinajstić information content (AvgIpc) is 2.66. The molecule has 6 unspecified atom stereocenters. The fraction of sp³-hybridized carbons (Fsp3) is 0.647. The SMILES string of the molecule is CC(O)C(N)C(=O)NC(CCC(N)=O)C(=O)NC(C(=O)NC(CC(N)=O)C(=O)O)C(C)O. The van der Waals surface area contributed by atoms with Crippen molar-refractivity contribution in [1.29, 1.82) is 0 Å². The van der Waals surface area contributed by atoms with Crippen molar-refractivity contribution >= 4 is 35.5 Å². The number of aliphatic hydroxyl groups is 2. The van der Waals surface area contributed by atoms with Gasteiger partial charge in [-0.25, -0.2) is 4.79 Å². The Morgan fingerprint density at radius 1 is 0.781 bits per heavy atom. The minimum Gasteiger partial charge on any atom is -0.480 e. The van der Waals surface area contributed by atoms with Crippen LogP contribution in [0.15, 0.2) is 0 Å². The van der Waals surface area contributed by atoms with E-state index in [1.165, 1.54) is 6.92 Å². The normalized spacial score (nSPS) is 16.4. The molecule has 0 aliphatic heterocycles. The van der Waals surface area contributed by atoms with Gasteiger partial charge in [-0.15, -0.1) is 0 Å². The maximum atomic E-state index is 12.6. The van der Waals surface area contributed by atoms with Crippen LogP contribution in [0.1, 0.15) is 33.1 Å². The molecular weight excluding hydrogens is 432 g/mol. The van der Waals surface area contributed by atoms with Gasteiger partial charge in [0.1, 0.15) is 24.2 Å². The van der Waals surface area contributed by atoms with Crippen molar-refractivity contribution in [2.45, 2.75) is 69.5 Å². The molecule has 182 valence electrons. The summed E-state index contributed by atoms with van der Waals surface area (Å²) in [6.07, 6.45) is -4.17. The molecule has 0 radical (unpaired) electrons. The summed E-state index contributed by atoms with van der Waals surface area (Å²) >= 11 is 0. The van der Waals surface area contributed by atoms with E-state index >= 15 is 0 Å². The van der Waals surface area contributed by atoms with Crippen molar-refractivity contribution in [1.82, 2.24) is 16.0 Å². The van der Waals surface area contributed by atoms with Crippen LogP contribution in [0.25, 0.3) is 0 Å². The van der Waals surface area contributed by atoms with Crippen LogP contribution in [-0.2, 0) is 28.8 Å². The first-order valence-corrected chi connectivity index (χ1v) is 9.49. The molecule has 0 spiro atoms. The zero-order valence-corrected chi connectivity index (χ0v) is 17.6. The van der Waals surface area contributed by atoms with Crippen LogP contribution in [0.2, 0.25) is 0 Å². The summed E-state index contributed by atoms with van der Waals surface area (Å²) in [4.78, 5) is 70.4. The summed E-state index contributed by atoms with van der Waals surface area (Å²) in [5.41, 5.74) is 15.5. The average molecular weight is 462 g/mol. The maximum Gasteiger partial charge on any atom is 0.326 e. The standard InChI is InChI=1S/C17H30N6O9/c1-6(24)12(20)15(29)21-8(3-4-10(18)26)14(28)23-13(7(2)25)16(30)22-9(17(31)32)5-11(19)27/h6-9,12-13,24-25H,3-5,20H2,1-2H3,(H2,18,26)(H2,19,27)(H,21,29)(H,22,30)(H,23,28)(H,31,32).